The first-order chi connectivity index (χ1) is 10.5. The molecule has 1 aliphatic carbocycles. The standard InChI is InChI=1S/C13H15ClN4O3S/c14-11-7-9(18(20)21)5-6-10(11)12(19)16-17-13(22)15-8-3-1-2-4-8/h5-8H,1-4H2,(H,16,19)(H2,15,17,22). The number of halogens is 1. The quantitative estimate of drug-likeness (QED) is 0.443. The normalized spacial score (nSPS) is 14.4. The third kappa shape index (κ3) is 4.28. The monoisotopic (exact) mass is 342 g/mol. The third-order valence-electron chi connectivity index (χ3n) is 3.39. The van der Waals surface area contributed by atoms with Gasteiger partial charge in [-0.05, 0) is 31.1 Å². The van der Waals surface area contributed by atoms with E-state index in [1.165, 1.54) is 25.0 Å². The number of nitro groups is 1. The van der Waals surface area contributed by atoms with E-state index in [1.54, 1.807) is 0 Å². The number of rotatable bonds is 3. The fraction of sp³-hybridized carbons (Fsp3) is 0.385. The number of nitrogens with one attached hydrogen (secondary N) is 3. The van der Waals surface area contributed by atoms with E-state index in [2.05, 4.69) is 16.2 Å². The molecular weight excluding hydrogens is 328 g/mol. The molecule has 0 radical (unpaired) electrons. The Kier molecular flexibility index (Phi) is 5.51. The predicted octanol–water partition coefficient (Wildman–Crippen LogP) is 2.30. The highest BCUT2D eigenvalue weighted by Gasteiger charge is 2.17. The number of thiocarbonyl (C=S) groups is 1. The number of hydrogen-bond acceptors (Lipinski definition) is 4. The van der Waals surface area contributed by atoms with Gasteiger partial charge in [0.1, 0.15) is 0 Å². The van der Waals surface area contributed by atoms with E-state index in [-0.39, 0.29) is 16.3 Å². The van der Waals surface area contributed by atoms with Crippen LogP contribution in [0.4, 0.5) is 5.69 Å². The lowest BCUT2D eigenvalue weighted by Gasteiger charge is -2.16. The van der Waals surface area contributed by atoms with Gasteiger partial charge in [-0.3, -0.25) is 25.8 Å². The van der Waals surface area contributed by atoms with E-state index in [4.69, 9.17) is 23.8 Å². The number of nitrogens with zero attached hydrogens (tertiary/aromatic N) is 1. The SMILES string of the molecule is O=C(NNC(=S)NC1CCCC1)c1ccc([N+](=O)[O-])cc1Cl. The molecule has 0 unspecified atom stereocenters. The van der Waals surface area contributed by atoms with Crippen molar-refractivity contribution >= 4 is 40.5 Å². The summed E-state index contributed by atoms with van der Waals surface area (Å²) in [5.41, 5.74) is 4.97. The molecule has 118 valence electrons. The zero-order valence-corrected chi connectivity index (χ0v) is 13.2. The summed E-state index contributed by atoms with van der Waals surface area (Å²) in [6.07, 6.45) is 4.46. The highest BCUT2D eigenvalue weighted by Crippen LogP contribution is 2.22. The Bertz CT molecular complexity index is 605. The van der Waals surface area contributed by atoms with Gasteiger partial charge in [0.25, 0.3) is 11.6 Å². The lowest BCUT2D eigenvalue weighted by molar-refractivity contribution is -0.384. The summed E-state index contributed by atoms with van der Waals surface area (Å²) in [5, 5.41) is 14.1. The molecule has 1 fully saturated rings. The molecule has 0 saturated heterocycles. The maximum atomic E-state index is 12.0. The van der Waals surface area contributed by atoms with Crippen LogP contribution >= 0.6 is 23.8 Å². The molecule has 0 aliphatic heterocycles. The number of amides is 1. The second kappa shape index (κ2) is 7.37. The molecule has 0 spiro atoms. The van der Waals surface area contributed by atoms with Gasteiger partial charge in [0, 0.05) is 18.2 Å². The van der Waals surface area contributed by atoms with E-state index in [0.717, 1.165) is 18.9 Å². The van der Waals surface area contributed by atoms with Crippen LogP contribution in [0.5, 0.6) is 0 Å². The Morgan fingerprint density at radius 3 is 2.59 bits per heavy atom. The van der Waals surface area contributed by atoms with Crippen LogP contribution in [0, 0.1) is 10.1 Å². The van der Waals surface area contributed by atoms with Gasteiger partial charge in [0.2, 0.25) is 0 Å². The second-order valence-corrected chi connectivity index (χ2v) is 5.77. The van der Waals surface area contributed by atoms with Crippen LogP contribution in [0.3, 0.4) is 0 Å². The fourth-order valence-electron chi connectivity index (χ4n) is 2.27. The highest BCUT2D eigenvalue weighted by atomic mass is 35.5. The number of hydrazine groups is 1. The first kappa shape index (κ1) is 16.4. The smallest absolute Gasteiger partial charge is 0.271 e. The van der Waals surface area contributed by atoms with E-state index in [9.17, 15) is 14.9 Å². The summed E-state index contributed by atoms with van der Waals surface area (Å²) in [5.74, 6) is -0.518. The number of carbonyl (C=O) groups is 1. The Morgan fingerprint density at radius 1 is 1.32 bits per heavy atom. The highest BCUT2D eigenvalue weighted by molar-refractivity contribution is 7.80. The molecule has 1 aromatic carbocycles. The van der Waals surface area contributed by atoms with Crippen molar-refractivity contribution in [1.82, 2.24) is 16.2 Å². The number of carbonyl (C=O) groups excluding carboxylic acids is 1. The van der Waals surface area contributed by atoms with Gasteiger partial charge in [-0.1, -0.05) is 24.4 Å². The molecule has 1 saturated carbocycles. The number of hydrogen-bond donors (Lipinski definition) is 3. The topological polar surface area (TPSA) is 96.3 Å². The van der Waals surface area contributed by atoms with Crippen LogP contribution in [0.2, 0.25) is 5.02 Å². The Labute approximate surface area is 137 Å². The van der Waals surface area contributed by atoms with Gasteiger partial charge < -0.3 is 5.32 Å². The van der Waals surface area contributed by atoms with Crippen LogP contribution in [-0.4, -0.2) is 22.0 Å². The minimum absolute atomic E-state index is 0.00294. The van der Waals surface area contributed by atoms with Crippen molar-refractivity contribution in [3.8, 4) is 0 Å². The van der Waals surface area contributed by atoms with Crippen molar-refractivity contribution in [3.05, 3.63) is 38.9 Å². The molecule has 3 N–H and O–H groups in total. The van der Waals surface area contributed by atoms with Gasteiger partial charge in [-0.2, -0.15) is 0 Å². The number of non-ortho nitro benzene ring substituents is 1. The molecule has 9 heteroatoms. The Morgan fingerprint density at radius 2 is 2.00 bits per heavy atom. The van der Waals surface area contributed by atoms with Crippen LogP contribution in [-0.2, 0) is 0 Å². The average Bonchev–Trinajstić information content (AvgIpc) is 2.97. The Hall–Kier alpha value is -1.93. The zero-order valence-electron chi connectivity index (χ0n) is 11.6. The lowest BCUT2D eigenvalue weighted by atomic mass is 10.2. The zero-order chi connectivity index (χ0) is 16.1. The molecule has 2 rings (SSSR count). The molecule has 0 atom stereocenters. The van der Waals surface area contributed by atoms with Crippen molar-refractivity contribution in [1.29, 1.82) is 0 Å². The lowest BCUT2D eigenvalue weighted by Crippen LogP contribution is -2.49. The van der Waals surface area contributed by atoms with E-state index < -0.39 is 10.8 Å². The van der Waals surface area contributed by atoms with E-state index >= 15 is 0 Å². The molecule has 7 nitrogen and oxygen atoms in total. The maximum absolute atomic E-state index is 12.0. The summed E-state index contributed by atoms with van der Waals surface area (Å²) in [6.45, 7) is 0. The molecule has 1 aromatic rings. The Balaban J connectivity index is 1.89. The van der Waals surface area contributed by atoms with E-state index in [1.807, 2.05) is 0 Å². The van der Waals surface area contributed by atoms with Crippen LogP contribution < -0.4 is 16.2 Å². The van der Waals surface area contributed by atoms with Gasteiger partial charge in [-0.15, -0.1) is 0 Å². The third-order valence-corrected chi connectivity index (χ3v) is 3.92. The van der Waals surface area contributed by atoms with Crippen molar-refractivity contribution < 1.29 is 9.72 Å². The summed E-state index contributed by atoms with van der Waals surface area (Å²) in [6, 6.07) is 3.98. The van der Waals surface area contributed by atoms with Crippen molar-refractivity contribution in [2.45, 2.75) is 31.7 Å². The first-order valence-electron chi connectivity index (χ1n) is 6.78. The first-order valence-corrected chi connectivity index (χ1v) is 7.57. The number of nitro benzene ring substituents is 1. The summed E-state index contributed by atoms with van der Waals surface area (Å²) < 4.78 is 0. The van der Waals surface area contributed by atoms with Crippen molar-refractivity contribution in [3.63, 3.8) is 0 Å². The van der Waals surface area contributed by atoms with Gasteiger partial charge in [-0.25, -0.2) is 0 Å². The second-order valence-electron chi connectivity index (χ2n) is 4.96. The fourth-order valence-corrected chi connectivity index (χ4v) is 2.75. The van der Waals surface area contributed by atoms with Gasteiger partial charge in [0.05, 0.1) is 15.5 Å². The maximum Gasteiger partial charge on any atom is 0.271 e. The minimum atomic E-state index is -0.577. The van der Waals surface area contributed by atoms with Crippen molar-refractivity contribution in [2.24, 2.45) is 0 Å². The van der Waals surface area contributed by atoms with Crippen LogP contribution in [0.1, 0.15) is 36.0 Å². The molecule has 0 aromatic heterocycles. The molecule has 1 amide bonds. The molecule has 0 heterocycles. The van der Waals surface area contributed by atoms with Gasteiger partial charge in [0.15, 0.2) is 5.11 Å². The van der Waals surface area contributed by atoms with Crippen LogP contribution in [0.15, 0.2) is 18.2 Å². The number of benzene rings is 1. The van der Waals surface area contributed by atoms with E-state index in [0.29, 0.717) is 11.2 Å². The predicted molar refractivity (Wildman–Crippen MR) is 86.7 cm³/mol. The van der Waals surface area contributed by atoms with Crippen molar-refractivity contribution in [2.75, 3.05) is 0 Å². The largest absolute Gasteiger partial charge is 0.359 e. The van der Waals surface area contributed by atoms with Crippen LogP contribution in [0.25, 0.3) is 0 Å². The molecule has 22 heavy (non-hydrogen) atoms. The molecule has 0 bridgehead atoms. The van der Waals surface area contributed by atoms with Gasteiger partial charge >= 0.3 is 0 Å². The molecule has 1 aliphatic rings. The summed E-state index contributed by atoms with van der Waals surface area (Å²) in [7, 11) is 0. The molecular formula is C13H15ClN4O3S. The average molecular weight is 343 g/mol. The summed E-state index contributed by atoms with van der Waals surface area (Å²) in [4.78, 5) is 22.0. The minimum Gasteiger partial charge on any atom is -0.359 e. The summed E-state index contributed by atoms with van der Waals surface area (Å²) >= 11 is 11.0.